The highest BCUT2D eigenvalue weighted by atomic mass is 15.3. The zero-order valence-corrected chi connectivity index (χ0v) is 13.6. The topological polar surface area (TPSA) is 31.4 Å². The van der Waals surface area contributed by atoms with Crippen LogP contribution in [0.1, 0.15) is 39.2 Å². The lowest BCUT2D eigenvalue weighted by molar-refractivity contribution is 0.230. The highest BCUT2D eigenvalue weighted by molar-refractivity contribution is 5.53. The first kappa shape index (κ1) is 14.8. The van der Waals surface area contributed by atoms with Crippen LogP contribution in [0.4, 0.5) is 5.69 Å². The van der Waals surface area contributed by atoms with E-state index in [9.17, 15) is 0 Å². The molecule has 3 rings (SSSR count). The summed E-state index contributed by atoms with van der Waals surface area (Å²) in [7, 11) is 0. The molecule has 1 N–H and O–H groups in total. The van der Waals surface area contributed by atoms with Gasteiger partial charge < -0.3 is 10.2 Å². The van der Waals surface area contributed by atoms with Gasteiger partial charge in [0.1, 0.15) is 0 Å². The van der Waals surface area contributed by atoms with Gasteiger partial charge in [-0.3, -0.25) is 9.88 Å². The largest absolute Gasteiger partial charge is 0.368 e. The molecule has 1 aromatic heterocycles. The van der Waals surface area contributed by atoms with Gasteiger partial charge in [-0.15, -0.1) is 0 Å². The smallest absolute Gasteiger partial charge is 0.0443 e. The number of hydrogen-bond donors (Lipinski definition) is 1. The second-order valence-corrected chi connectivity index (χ2v) is 7.39. The van der Waals surface area contributed by atoms with Gasteiger partial charge in [0.2, 0.25) is 0 Å². The van der Waals surface area contributed by atoms with Gasteiger partial charge in [0, 0.05) is 61.4 Å². The summed E-state index contributed by atoms with van der Waals surface area (Å²) in [5.41, 5.74) is 2.82. The van der Waals surface area contributed by atoms with E-state index >= 15 is 0 Å². The van der Waals surface area contributed by atoms with E-state index in [1.54, 1.807) is 0 Å². The summed E-state index contributed by atoms with van der Waals surface area (Å²) >= 11 is 0. The number of hydrogen-bond acceptors (Lipinski definition) is 4. The molecule has 3 heterocycles. The normalized spacial score (nSPS) is 23.4. The van der Waals surface area contributed by atoms with Gasteiger partial charge >= 0.3 is 0 Å². The van der Waals surface area contributed by atoms with Crippen LogP contribution in [-0.4, -0.2) is 47.6 Å². The molecule has 1 unspecified atom stereocenters. The predicted octanol–water partition coefficient (Wildman–Crippen LogP) is 2.25. The minimum Gasteiger partial charge on any atom is -0.368 e. The molecule has 2 aliphatic heterocycles. The Balaban J connectivity index is 1.72. The van der Waals surface area contributed by atoms with E-state index in [2.05, 4.69) is 46.9 Å². The Morgan fingerprint density at radius 2 is 2.14 bits per heavy atom. The van der Waals surface area contributed by atoms with Crippen molar-refractivity contribution in [2.24, 2.45) is 0 Å². The van der Waals surface area contributed by atoms with Crippen LogP contribution in [0.2, 0.25) is 0 Å². The van der Waals surface area contributed by atoms with Crippen LogP contribution in [0.25, 0.3) is 0 Å². The van der Waals surface area contributed by atoms with E-state index in [1.807, 2.05) is 12.4 Å². The van der Waals surface area contributed by atoms with Crippen molar-refractivity contribution >= 4 is 5.69 Å². The monoisotopic (exact) mass is 288 g/mol. The van der Waals surface area contributed by atoms with Crippen molar-refractivity contribution in [2.45, 2.75) is 51.7 Å². The summed E-state index contributed by atoms with van der Waals surface area (Å²) in [6.45, 7) is 12.3. The number of piperazine rings is 1. The summed E-state index contributed by atoms with van der Waals surface area (Å²) in [6.07, 6.45) is 6.68. The molecule has 0 aromatic carbocycles. The molecule has 2 saturated heterocycles. The Morgan fingerprint density at radius 3 is 2.95 bits per heavy atom. The molecule has 2 aliphatic rings. The number of nitrogens with one attached hydrogen (secondary N) is 1. The predicted molar refractivity (Wildman–Crippen MR) is 87.6 cm³/mol. The van der Waals surface area contributed by atoms with Crippen molar-refractivity contribution in [1.29, 1.82) is 0 Å². The van der Waals surface area contributed by atoms with Crippen LogP contribution in [0.5, 0.6) is 0 Å². The molecule has 1 atom stereocenters. The van der Waals surface area contributed by atoms with Gasteiger partial charge in [-0.2, -0.15) is 0 Å². The number of anilines is 1. The first-order chi connectivity index (χ1) is 10.0. The molecule has 1 aromatic rings. The number of rotatable bonds is 3. The fourth-order valence-corrected chi connectivity index (χ4v) is 3.43. The third-order valence-electron chi connectivity index (χ3n) is 4.62. The van der Waals surface area contributed by atoms with E-state index in [0.29, 0.717) is 0 Å². The molecule has 116 valence electrons. The third kappa shape index (κ3) is 3.55. The lowest BCUT2D eigenvalue weighted by Crippen LogP contribution is -2.50. The molecule has 2 fully saturated rings. The van der Waals surface area contributed by atoms with Gasteiger partial charge in [0.25, 0.3) is 0 Å². The third-order valence-corrected chi connectivity index (χ3v) is 4.62. The maximum Gasteiger partial charge on any atom is 0.0443 e. The van der Waals surface area contributed by atoms with Crippen molar-refractivity contribution in [1.82, 2.24) is 15.2 Å². The Bertz CT molecular complexity index is 480. The highest BCUT2D eigenvalue weighted by Gasteiger charge is 2.31. The Kier molecular flexibility index (Phi) is 4.18. The highest BCUT2D eigenvalue weighted by Crippen LogP contribution is 2.27. The first-order valence-corrected chi connectivity index (χ1v) is 8.20. The Morgan fingerprint density at radius 1 is 1.29 bits per heavy atom. The molecule has 4 heteroatoms. The van der Waals surface area contributed by atoms with Gasteiger partial charge in [-0.25, -0.2) is 0 Å². The fourth-order valence-electron chi connectivity index (χ4n) is 3.43. The summed E-state index contributed by atoms with van der Waals surface area (Å²) in [4.78, 5) is 9.55. The van der Waals surface area contributed by atoms with Crippen LogP contribution >= 0.6 is 0 Å². The van der Waals surface area contributed by atoms with Gasteiger partial charge in [-0.05, 0) is 46.2 Å². The maximum atomic E-state index is 4.33. The second-order valence-electron chi connectivity index (χ2n) is 7.39. The van der Waals surface area contributed by atoms with Crippen LogP contribution < -0.4 is 10.2 Å². The number of pyridine rings is 1. The van der Waals surface area contributed by atoms with Crippen molar-refractivity contribution in [3.8, 4) is 0 Å². The molecule has 0 amide bonds. The average Bonchev–Trinajstić information content (AvgIpc) is 2.92. The lowest BCUT2D eigenvalue weighted by atomic mass is 10.1. The Labute approximate surface area is 128 Å². The van der Waals surface area contributed by atoms with Gasteiger partial charge in [0.05, 0.1) is 0 Å². The summed E-state index contributed by atoms with van der Waals surface area (Å²) in [5, 5.41) is 3.59. The second kappa shape index (κ2) is 5.93. The van der Waals surface area contributed by atoms with E-state index < -0.39 is 0 Å². The summed E-state index contributed by atoms with van der Waals surface area (Å²) in [5.74, 6) is 0. The van der Waals surface area contributed by atoms with Crippen molar-refractivity contribution in [3.63, 3.8) is 0 Å². The van der Waals surface area contributed by atoms with Crippen molar-refractivity contribution in [3.05, 3.63) is 24.0 Å². The number of aromatic nitrogens is 1. The SMILES string of the molecule is CC(C)(C)NCc1cnccc1N1CCN2CCCC2C1. The lowest BCUT2D eigenvalue weighted by Gasteiger charge is -2.39. The van der Waals surface area contributed by atoms with E-state index in [1.165, 1.54) is 43.7 Å². The van der Waals surface area contributed by atoms with Crippen LogP contribution in [0, 0.1) is 0 Å². The minimum absolute atomic E-state index is 0.136. The molecular weight excluding hydrogens is 260 g/mol. The number of fused-ring (bicyclic) bond motifs is 1. The molecule has 0 spiro atoms. The zero-order chi connectivity index (χ0) is 14.9. The van der Waals surface area contributed by atoms with Crippen LogP contribution in [-0.2, 0) is 6.54 Å². The minimum atomic E-state index is 0.136. The summed E-state index contributed by atoms with van der Waals surface area (Å²) in [6, 6.07) is 2.94. The average molecular weight is 288 g/mol. The van der Waals surface area contributed by atoms with Crippen LogP contribution in [0.15, 0.2) is 18.5 Å². The number of nitrogens with zero attached hydrogens (tertiary/aromatic N) is 3. The van der Waals surface area contributed by atoms with Crippen molar-refractivity contribution in [2.75, 3.05) is 31.1 Å². The molecule has 21 heavy (non-hydrogen) atoms. The van der Waals surface area contributed by atoms with E-state index in [0.717, 1.165) is 19.1 Å². The van der Waals surface area contributed by atoms with E-state index in [-0.39, 0.29) is 5.54 Å². The zero-order valence-electron chi connectivity index (χ0n) is 13.6. The summed E-state index contributed by atoms with van der Waals surface area (Å²) < 4.78 is 0. The molecule has 0 saturated carbocycles. The first-order valence-electron chi connectivity index (χ1n) is 8.20. The maximum absolute atomic E-state index is 4.33. The molecule has 0 radical (unpaired) electrons. The molecule has 0 aliphatic carbocycles. The molecular formula is C17H28N4. The Hall–Kier alpha value is -1.13. The fraction of sp³-hybridized carbons (Fsp3) is 0.706. The van der Waals surface area contributed by atoms with Gasteiger partial charge in [-0.1, -0.05) is 0 Å². The van der Waals surface area contributed by atoms with Crippen molar-refractivity contribution < 1.29 is 0 Å². The quantitative estimate of drug-likeness (QED) is 0.924. The van der Waals surface area contributed by atoms with Gasteiger partial charge in [0.15, 0.2) is 0 Å². The van der Waals surface area contributed by atoms with Crippen LogP contribution in [0.3, 0.4) is 0 Å². The molecule has 4 nitrogen and oxygen atoms in total. The molecule has 0 bridgehead atoms. The standard InChI is InChI=1S/C17H28N4/c1-17(2,3)19-12-14-11-18-7-6-16(14)21-10-9-20-8-4-5-15(20)13-21/h6-7,11,15,19H,4-5,8-10,12-13H2,1-3H3. The van der Waals surface area contributed by atoms with E-state index in [4.69, 9.17) is 0 Å².